The molecule has 118 valence electrons. The molecule has 1 atom stereocenters. The minimum atomic E-state index is -3.26. The maximum atomic E-state index is 12.0. The lowest BCUT2D eigenvalue weighted by Crippen LogP contribution is -2.27. The summed E-state index contributed by atoms with van der Waals surface area (Å²) < 4.78 is 32.0. The second-order valence-electron chi connectivity index (χ2n) is 5.52. The van der Waals surface area contributed by atoms with E-state index in [9.17, 15) is 8.42 Å². The van der Waals surface area contributed by atoms with Gasteiger partial charge in [0.05, 0.1) is 5.75 Å². The molecule has 1 unspecified atom stereocenters. The molecule has 0 aliphatic carbocycles. The van der Waals surface area contributed by atoms with E-state index in [1.165, 1.54) is 0 Å². The van der Waals surface area contributed by atoms with E-state index in [-0.39, 0.29) is 5.75 Å². The van der Waals surface area contributed by atoms with Crippen molar-refractivity contribution >= 4 is 10.0 Å². The van der Waals surface area contributed by atoms with Crippen molar-refractivity contribution in [2.24, 2.45) is 5.92 Å². The molecular weight excluding hydrogens is 288 g/mol. The SMILES string of the molecule is CNCc1ccc(CS(=O)(=O)NCCC2CCOC2)cc1. The predicted octanol–water partition coefficient (Wildman–Crippen LogP) is 1.25. The number of sulfonamides is 1. The normalized spacial score (nSPS) is 19.0. The fraction of sp³-hybridized carbons (Fsp3) is 0.600. The van der Waals surface area contributed by atoms with Gasteiger partial charge in [0.1, 0.15) is 0 Å². The Morgan fingerprint density at radius 2 is 1.95 bits per heavy atom. The van der Waals surface area contributed by atoms with Gasteiger partial charge < -0.3 is 10.1 Å². The van der Waals surface area contributed by atoms with Gasteiger partial charge in [0, 0.05) is 26.3 Å². The first-order valence-corrected chi connectivity index (χ1v) is 9.02. The minimum Gasteiger partial charge on any atom is -0.381 e. The molecule has 0 saturated carbocycles. The number of ether oxygens (including phenoxy) is 1. The van der Waals surface area contributed by atoms with Gasteiger partial charge in [-0.3, -0.25) is 0 Å². The van der Waals surface area contributed by atoms with E-state index < -0.39 is 10.0 Å². The second kappa shape index (κ2) is 7.89. The van der Waals surface area contributed by atoms with Crippen molar-refractivity contribution in [3.05, 3.63) is 35.4 Å². The van der Waals surface area contributed by atoms with Crippen LogP contribution in [0.15, 0.2) is 24.3 Å². The van der Waals surface area contributed by atoms with E-state index in [1.807, 2.05) is 31.3 Å². The highest BCUT2D eigenvalue weighted by atomic mass is 32.2. The first-order chi connectivity index (χ1) is 10.1. The van der Waals surface area contributed by atoms with Gasteiger partial charge in [-0.1, -0.05) is 24.3 Å². The van der Waals surface area contributed by atoms with Crippen molar-refractivity contribution in [3.63, 3.8) is 0 Å². The van der Waals surface area contributed by atoms with Crippen molar-refractivity contribution in [2.45, 2.75) is 25.1 Å². The highest BCUT2D eigenvalue weighted by Gasteiger charge is 2.17. The Labute approximate surface area is 127 Å². The molecule has 1 fully saturated rings. The lowest BCUT2D eigenvalue weighted by atomic mass is 10.1. The van der Waals surface area contributed by atoms with Gasteiger partial charge in [-0.25, -0.2) is 13.1 Å². The first kappa shape index (κ1) is 16.4. The van der Waals surface area contributed by atoms with Crippen molar-refractivity contribution < 1.29 is 13.2 Å². The molecule has 2 N–H and O–H groups in total. The van der Waals surface area contributed by atoms with Gasteiger partial charge in [-0.05, 0) is 36.9 Å². The summed E-state index contributed by atoms with van der Waals surface area (Å²) in [5.41, 5.74) is 1.96. The topological polar surface area (TPSA) is 67.4 Å². The average Bonchev–Trinajstić information content (AvgIpc) is 2.94. The maximum absolute atomic E-state index is 12.0. The summed E-state index contributed by atoms with van der Waals surface area (Å²) in [6.45, 7) is 2.84. The van der Waals surface area contributed by atoms with E-state index in [0.717, 1.165) is 43.7 Å². The Balaban J connectivity index is 1.79. The molecule has 0 spiro atoms. The lowest BCUT2D eigenvalue weighted by molar-refractivity contribution is 0.184. The van der Waals surface area contributed by atoms with Crippen LogP contribution in [0.5, 0.6) is 0 Å². The van der Waals surface area contributed by atoms with Crippen LogP contribution in [0.25, 0.3) is 0 Å². The molecule has 0 bridgehead atoms. The number of hydrogen-bond acceptors (Lipinski definition) is 4. The molecule has 2 rings (SSSR count). The van der Waals surface area contributed by atoms with Crippen molar-refractivity contribution in [1.82, 2.24) is 10.0 Å². The Morgan fingerprint density at radius 1 is 1.24 bits per heavy atom. The van der Waals surface area contributed by atoms with Gasteiger partial charge in [0.15, 0.2) is 0 Å². The molecule has 1 aliphatic heterocycles. The summed E-state index contributed by atoms with van der Waals surface area (Å²) in [4.78, 5) is 0. The molecule has 1 saturated heterocycles. The average molecular weight is 312 g/mol. The molecule has 1 aliphatic rings. The molecule has 5 nitrogen and oxygen atoms in total. The zero-order valence-corrected chi connectivity index (χ0v) is 13.3. The Hall–Kier alpha value is -0.950. The quantitative estimate of drug-likeness (QED) is 0.758. The lowest BCUT2D eigenvalue weighted by Gasteiger charge is -2.10. The molecule has 1 aromatic carbocycles. The van der Waals surface area contributed by atoms with Crippen LogP contribution in [0.2, 0.25) is 0 Å². The smallest absolute Gasteiger partial charge is 0.215 e. The minimum absolute atomic E-state index is 0.0357. The van der Waals surface area contributed by atoms with Crippen molar-refractivity contribution in [3.8, 4) is 0 Å². The van der Waals surface area contributed by atoms with Gasteiger partial charge >= 0.3 is 0 Å². The van der Waals surface area contributed by atoms with Crippen LogP contribution in [0.1, 0.15) is 24.0 Å². The van der Waals surface area contributed by atoms with Crippen LogP contribution >= 0.6 is 0 Å². The van der Waals surface area contributed by atoms with Crippen LogP contribution in [0.4, 0.5) is 0 Å². The van der Waals surface area contributed by atoms with Gasteiger partial charge in [-0.15, -0.1) is 0 Å². The van der Waals surface area contributed by atoms with E-state index in [0.29, 0.717) is 12.5 Å². The summed E-state index contributed by atoms with van der Waals surface area (Å²) >= 11 is 0. The van der Waals surface area contributed by atoms with Crippen LogP contribution < -0.4 is 10.0 Å². The van der Waals surface area contributed by atoms with Gasteiger partial charge in [0.2, 0.25) is 10.0 Å². The van der Waals surface area contributed by atoms with Gasteiger partial charge in [-0.2, -0.15) is 0 Å². The molecule has 1 heterocycles. The highest BCUT2D eigenvalue weighted by Crippen LogP contribution is 2.15. The summed E-state index contributed by atoms with van der Waals surface area (Å²) in [7, 11) is -1.37. The third kappa shape index (κ3) is 5.74. The molecule has 21 heavy (non-hydrogen) atoms. The molecule has 0 radical (unpaired) electrons. The van der Waals surface area contributed by atoms with E-state index in [1.54, 1.807) is 0 Å². The van der Waals surface area contributed by atoms with E-state index in [4.69, 9.17) is 4.74 Å². The van der Waals surface area contributed by atoms with E-state index in [2.05, 4.69) is 10.0 Å². The molecule has 0 amide bonds. The third-order valence-electron chi connectivity index (χ3n) is 3.66. The van der Waals surface area contributed by atoms with Crippen molar-refractivity contribution in [1.29, 1.82) is 0 Å². The third-order valence-corrected chi connectivity index (χ3v) is 5.02. The largest absolute Gasteiger partial charge is 0.381 e. The number of benzene rings is 1. The zero-order chi connectivity index (χ0) is 15.1. The summed E-state index contributed by atoms with van der Waals surface area (Å²) in [6.07, 6.45) is 1.88. The van der Waals surface area contributed by atoms with Gasteiger partial charge in [0.25, 0.3) is 0 Å². The van der Waals surface area contributed by atoms with E-state index >= 15 is 0 Å². The number of rotatable bonds is 8. The fourth-order valence-corrected chi connectivity index (χ4v) is 3.62. The van der Waals surface area contributed by atoms with Crippen LogP contribution in [-0.2, 0) is 27.1 Å². The van der Waals surface area contributed by atoms with Crippen LogP contribution in [-0.4, -0.2) is 35.2 Å². The molecule has 6 heteroatoms. The highest BCUT2D eigenvalue weighted by molar-refractivity contribution is 7.88. The standard InChI is InChI=1S/C15H24N2O3S/c1-16-10-13-2-4-15(5-3-13)12-21(18,19)17-8-6-14-7-9-20-11-14/h2-5,14,16-17H,6-12H2,1H3. The monoisotopic (exact) mass is 312 g/mol. The first-order valence-electron chi connectivity index (χ1n) is 7.36. The molecular formula is C15H24N2O3S. The van der Waals surface area contributed by atoms with Crippen molar-refractivity contribution in [2.75, 3.05) is 26.8 Å². The fourth-order valence-electron chi connectivity index (χ4n) is 2.46. The summed E-state index contributed by atoms with van der Waals surface area (Å²) in [5.74, 6) is 0.530. The Morgan fingerprint density at radius 3 is 2.57 bits per heavy atom. The predicted molar refractivity (Wildman–Crippen MR) is 83.4 cm³/mol. The maximum Gasteiger partial charge on any atom is 0.215 e. The summed E-state index contributed by atoms with van der Waals surface area (Å²) in [5, 5.41) is 3.07. The second-order valence-corrected chi connectivity index (χ2v) is 7.33. The van der Waals surface area contributed by atoms with Crippen LogP contribution in [0.3, 0.4) is 0 Å². The molecule has 1 aromatic rings. The Bertz CT molecular complexity index is 522. The summed E-state index contributed by atoms with van der Waals surface area (Å²) in [6, 6.07) is 7.65. The molecule has 0 aromatic heterocycles. The van der Waals surface area contributed by atoms with Crippen LogP contribution in [0, 0.1) is 5.92 Å². The number of nitrogens with one attached hydrogen (secondary N) is 2. The Kier molecular flexibility index (Phi) is 6.17. The zero-order valence-electron chi connectivity index (χ0n) is 12.5. The number of hydrogen-bond donors (Lipinski definition) is 2.